The highest BCUT2D eigenvalue weighted by molar-refractivity contribution is 5.15. The van der Waals surface area contributed by atoms with Crippen LogP contribution < -0.4 is 0 Å². The van der Waals surface area contributed by atoms with E-state index in [2.05, 4.69) is 4.98 Å². The molecule has 0 amide bonds. The summed E-state index contributed by atoms with van der Waals surface area (Å²) in [6.45, 7) is 7.38. The highest BCUT2D eigenvalue weighted by Gasteiger charge is 1.98. The summed E-state index contributed by atoms with van der Waals surface area (Å²) in [5.74, 6) is -0.197. The number of rotatable bonds is 0. The summed E-state index contributed by atoms with van der Waals surface area (Å²) in [7, 11) is 0. The summed E-state index contributed by atoms with van der Waals surface area (Å²) >= 11 is 0. The molecule has 0 spiro atoms. The molecule has 1 heterocycles. The van der Waals surface area contributed by atoms with Gasteiger partial charge in [-0.3, -0.25) is 4.98 Å². The molecule has 0 bridgehead atoms. The van der Waals surface area contributed by atoms with Crippen LogP contribution in [0.2, 0.25) is 0 Å². The zero-order valence-corrected chi connectivity index (χ0v) is 7.48. The van der Waals surface area contributed by atoms with Gasteiger partial charge in [0, 0.05) is 6.20 Å². The topological polar surface area (TPSA) is 12.9 Å². The molecule has 0 aromatic carbocycles. The third kappa shape index (κ3) is 2.66. The van der Waals surface area contributed by atoms with E-state index in [1.165, 1.54) is 0 Å². The van der Waals surface area contributed by atoms with Crippen LogP contribution in [0.4, 0.5) is 4.39 Å². The molecule has 1 aromatic rings. The van der Waals surface area contributed by atoms with Gasteiger partial charge in [0.1, 0.15) is 5.82 Å². The van der Waals surface area contributed by atoms with Crippen LogP contribution in [0.3, 0.4) is 0 Å². The standard InChI is InChI=1S/C7H8FN.C2H6/c1-5-3-4-9-6(2)7(5)8;1-2/h3-4H,1-2H3;1-2H3. The molecule has 1 nitrogen and oxygen atoms in total. The van der Waals surface area contributed by atoms with E-state index < -0.39 is 0 Å². The zero-order valence-electron chi connectivity index (χ0n) is 7.48. The van der Waals surface area contributed by atoms with Crippen molar-refractivity contribution in [3.05, 3.63) is 29.3 Å². The summed E-state index contributed by atoms with van der Waals surface area (Å²) < 4.78 is 12.7. The van der Waals surface area contributed by atoms with Crippen LogP contribution in [0.5, 0.6) is 0 Å². The Morgan fingerprint density at radius 1 is 1.27 bits per heavy atom. The van der Waals surface area contributed by atoms with Gasteiger partial charge in [-0.05, 0) is 25.5 Å². The Morgan fingerprint density at radius 2 is 1.82 bits per heavy atom. The Hall–Kier alpha value is -0.920. The largest absolute Gasteiger partial charge is 0.259 e. The van der Waals surface area contributed by atoms with Crippen molar-refractivity contribution in [3.63, 3.8) is 0 Å². The monoisotopic (exact) mass is 155 g/mol. The first-order valence-corrected chi connectivity index (χ1v) is 3.79. The maximum atomic E-state index is 12.7. The van der Waals surface area contributed by atoms with Crippen LogP contribution in [0, 0.1) is 19.7 Å². The zero-order chi connectivity index (χ0) is 8.85. The van der Waals surface area contributed by atoms with Crippen LogP contribution in [0.15, 0.2) is 12.3 Å². The van der Waals surface area contributed by atoms with E-state index in [4.69, 9.17) is 0 Å². The normalized spacial score (nSPS) is 8.45. The van der Waals surface area contributed by atoms with E-state index in [-0.39, 0.29) is 5.82 Å². The summed E-state index contributed by atoms with van der Waals surface area (Å²) in [6.07, 6.45) is 1.60. The van der Waals surface area contributed by atoms with Crippen molar-refractivity contribution in [2.24, 2.45) is 0 Å². The van der Waals surface area contributed by atoms with Gasteiger partial charge in [0.15, 0.2) is 0 Å². The van der Waals surface area contributed by atoms with Gasteiger partial charge in [-0.1, -0.05) is 13.8 Å². The molecule has 0 radical (unpaired) electrons. The van der Waals surface area contributed by atoms with Crippen LogP contribution >= 0.6 is 0 Å². The van der Waals surface area contributed by atoms with Gasteiger partial charge in [0.2, 0.25) is 0 Å². The van der Waals surface area contributed by atoms with Gasteiger partial charge in [0.25, 0.3) is 0 Å². The fourth-order valence-electron chi connectivity index (χ4n) is 0.676. The van der Waals surface area contributed by atoms with Crippen molar-refractivity contribution in [3.8, 4) is 0 Å². The van der Waals surface area contributed by atoms with Crippen molar-refractivity contribution >= 4 is 0 Å². The minimum atomic E-state index is -0.197. The Labute approximate surface area is 67.3 Å². The fraction of sp³-hybridized carbons (Fsp3) is 0.444. The first-order valence-electron chi connectivity index (χ1n) is 3.79. The Morgan fingerprint density at radius 3 is 2.18 bits per heavy atom. The fourth-order valence-corrected chi connectivity index (χ4v) is 0.676. The minimum Gasteiger partial charge on any atom is -0.259 e. The van der Waals surface area contributed by atoms with Crippen molar-refractivity contribution in [1.29, 1.82) is 0 Å². The van der Waals surface area contributed by atoms with Crippen molar-refractivity contribution < 1.29 is 4.39 Å². The van der Waals surface area contributed by atoms with E-state index in [9.17, 15) is 4.39 Å². The summed E-state index contributed by atoms with van der Waals surface area (Å²) in [4.78, 5) is 3.76. The van der Waals surface area contributed by atoms with Crippen molar-refractivity contribution in [2.45, 2.75) is 27.7 Å². The molecule has 0 saturated heterocycles. The molecule has 0 fully saturated rings. The molecule has 0 aliphatic rings. The third-order valence-corrected chi connectivity index (χ3v) is 1.26. The number of pyridine rings is 1. The first-order chi connectivity index (χ1) is 5.22. The number of aryl methyl sites for hydroxylation is 2. The second-order valence-electron chi connectivity index (χ2n) is 2.03. The molecular formula is C9H14FN. The minimum absolute atomic E-state index is 0.197. The molecule has 0 aliphatic heterocycles. The predicted molar refractivity (Wildman–Crippen MR) is 45.0 cm³/mol. The second kappa shape index (κ2) is 4.83. The smallest absolute Gasteiger partial charge is 0.147 e. The molecule has 1 rings (SSSR count). The lowest BCUT2D eigenvalue weighted by atomic mass is 10.2. The van der Waals surface area contributed by atoms with E-state index in [0.29, 0.717) is 11.3 Å². The lowest BCUT2D eigenvalue weighted by Crippen LogP contribution is -1.89. The molecule has 0 atom stereocenters. The van der Waals surface area contributed by atoms with Crippen molar-refractivity contribution in [2.75, 3.05) is 0 Å². The van der Waals surface area contributed by atoms with E-state index >= 15 is 0 Å². The van der Waals surface area contributed by atoms with Crippen LogP contribution in [0.25, 0.3) is 0 Å². The number of hydrogen-bond acceptors (Lipinski definition) is 1. The average molecular weight is 155 g/mol. The Bertz CT molecular complexity index is 201. The number of aromatic nitrogens is 1. The summed E-state index contributed by atoms with van der Waals surface area (Å²) in [6, 6.07) is 1.66. The number of halogens is 1. The van der Waals surface area contributed by atoms with Gasteiger partial charge >= 0.3 is 0 Å². The molecule has 0 aliphatic carbocycles. The maximum Gasteiger partial charge on any atom is 0.147 e. The molecule has 62 valence electrons. The molecule has 11 heavy (non-hydrogen) atoms. The molecule has 0 unspecified atom stereocenters. The summed E-state index contributed by atoms with van der Waals surface area (Å²) in [5, 5.41) is 0. The number of hydrogen-bond donors (Lipinski definition) is 0. The van der Waals surface area contributed by atoms with Crippen LogP contribution in [0.1, 0.15) is 25.1 Å². The molecule has 2 heteroatoms. The SMILES string of the molecule is CC.Cc1ccnc(C)c1F. The highest BCUT2D eigenvalue weighted by Crippen LogP contribution is 2.06. The van der Waals surface area contributed by atoms with E-state index in [0.717, 1.165) is 0 Å². The molecule has 0 N–H and O–H groups in total. The number of nitrogens with zero attached hydrogens (tertiary/aromatic N) is 1. The van der Waals surface area contributed by atoms with Crippen LogP contribution in [-0.2, 0) is 0 Å². The van der Waals surface area contributed by atoms with Gasteiger partial charge in [-0.25, -0.2) is 4.39 Å². The molecular weight excluding hydrogens is 141 g/mol. The molecule has 1 aromatic heterocycles. The average Bonchev–Trinajstić information content (AvgIpc) is 2.04. The Balaban J connectivity index is 0.000000461. The van der Waals surface area contributed by atoms with Gasteiger partial charge in [-0.2, -0.15) is 0 Å². The molecule has 0 saturated carbocycles. The Kier molecular flexibility index (Phi) is 4.42. The summed E-state index contributed by atoms with van der Waals surface area (Å²) in [5.41, 5.74) is 1.12. The highest BCUT2D eigenvalue weighted by atomic mass is 19.1. The first kappa shape index (κ1) is 10.1. The second-order valence-corrected chi connectivity index (χ2v) is 2.03. The van der Waals surface area contributed by atoms with E-state index in [1.807, 2.05) is 13.8 Å². The quantitative estimate of drug-likeness (QED) is 0.561. The van der Waals surface area contributed by atoms with Crippen molar-refractivity contribution in [1.82, 2.24) is 4.98 Å². The lowest BCUT2D eigenvalue weighted by Gasteiger charge is -1.95. The van der Waals surface area contributed by atoms with Gasteiger partial charge in [0.05, 0.1) is 5.69 Å². The lowest BCUT2D eigenvalue weighted by molar-refractivity contribution is 0.600. The predicted octanol–water partition coefficient (Wildman–Crippen LogP) is 2.86. The maximum absolute atomic E-state index is 12.7. The third-order valence-electron chi connectivity index (χ3n) is 1.26. The van der Waals surface area contributed by atoms with Crippen LogP contribution in [-0.4, -0.2) is 4.98 Å². The van der Waals surface area contributed by atoms with Gasteiger partial charge < -0.3 is 0 Å². The van der Waals surface area contributed by atoms with Gasteiger partial charge in [-0.15, -0.1) is 0 Å². The van der Waals surface area contributed by atoms with E-state index in [1.54, 1.807) is 26.1 Å².